The Morgan fingerprint density at radius 3 is 2.41 bits per heavy atom. The Bertz CT molecular complexity index is 500. The van der Waals surface area contributed by atoms with Crippen molar-refractivity contribution in [3.8, 4) is 0 Å². The molecule has 0 saturated carbocycles. The summed E-state index contributed by atoms with van der Waals surface area (Å²) in [4.78, 5) is 0. The summed E-state index contributed by atoms with van der Waals surface area (Å²) in [6.07, 6.45) is 4.73. The zero-order chi connectivity index (χ0) is 16.2. The quantitative estimate of drug-likeness (QED) is 0.522. The van der Waals surface area contributed by atoms with Crippen molar-refractivity contribution in [1.82, 2.24) is 0 Å². The molecule has 0 heterocycles. The molecule has 0 spiro atoms. The average molecular weight is 319 g/mol. The molecule has 1 atom stereocenters. The van der Waals surface area contributed by atoms with E-state index in [0.29, 0.717) is 12.7 Å². The molecule has 0 radical (unpaired) electrons. The summed E-state index contributed by atoms with van der Waals surface area (Å²) in [5.74, 6) is 0. The van der Waals surface area contributed by atoms with Crippen LogP contribution in [0.1, 0.15) is 39.2 Å². The lowest BCUT2D eigenvalue weighted by Crippen LogP contribution is -2.43. The van der Waals surface area contributed by atoms with Crippen molar-refractivity contribution < 1.29 is 9.16 Å². The molecule has 0 fully saturated rings. The maximum atomic E-state index is 6.49. The standard InChI is InChI=1S/C19H30O2Si/c1-19(2,3)22(4,5)21-18-12-11-17(13-18)15-20-14-16-9-7-6-8-10-16/h6-11,18H,12-15H2,1-5H3. The molecule has 0 amide bonds. The van der Waals surface area contributed by atoms with E-state index in [2.05, 4.69) is 64.2 Å². The third-order valence-corrected chi connectivity index (χ3v) is 9.36. The maximum Gasteiger partial charge on any atom is 0.192 e. The summed E-state index contributed by atoms with van der Waals surface area (Å²) in [5, 5.41) is 0.277. The van der Waals surface area contributed by atoms with Crippen LogP contribution in [-0.2, 0) is 15.8 Å². The molecular weight excluding hydrogens is 288 g/mol. The zero-order valence-electron chi connectivity index (χ0n) is 14.7. The SMILES string of the molecule is CC(C)(C)[Si](C)(C)OC1CC=C(COCc2ccccc2)C1. The second-order valence-corrected chi connectivity index (χ2v) is 12.5. The van der Waals surface area contributed by atoms with Gasteiger partial charge in [0.05, 0.1) is 19.3 Å². The fraction of sp³-hybridized carbons (Fsp3) is 0.579. The van der Waals surface area contributed by atoms with Gasteiger partial charge in [0, 0.05) is 0 Å². The van der Waals surface area contributed by atoms with Crippen molar-refractivity contribution >= 4 is 8.32 Å². The Morgan fingerprint density at radius 1 is 1.09 bits per heavy atom. The third-order valence-electron chi connectivity index (χ3n) is 4.83. The minimum Gasteiger partial charge on any atom is -0.413 e. The predicted molar refractivity (Wildman–Crippen MR) is 95.5 cm³/mol. The van der Waals surface area contributed by atoms with Crippen LogP contribution in [0.3, 0.4) is 0 Å². The Hall–Kier alpha value is -0.903. The van der Waals surface area contributed by atoms with E-state index in [-0.39, 0.29) is 5.04 Å². The second kappa shape index (κ2) is 7.11. The first-order chi connectivity index (χ1) is 10.3. The first kappa shape index (κ1) is 17.5. The molecular formula is C19H30O2Si. The van der Waals surface area contributed by atoms with E-state index in [4.69, 9.17) is 9.16 Å². The number of ether oxygens (including phenoxy) is 1. The molecule has 22 heavy (non-hydrogen) atoms. The smallest absolute Gasteiger partial charge is 0.192 e. The first-order valence-corrected chi connectivity index (χ1v) is 11.2. The van der Waals surface area contributed by atoms with Crippen molar-refractivity contribution in [2.75, 3.05) is 6.61 Å². The Labute approximate surface area is 136 Å². The summed E-state index contributed by atoms with van der Waals surface area (Å²) in [6.45, 7) is 13.0. The van der Waals surface area contributed by atoms with Crippen LogP contribution >= 0.6 is 0 Å². The molecule has 2 nitrogen and oxygen atoms in total. The molecule has 2 rings (SSSR count). The van der Waals surface area contributed by atoms with E-state index < -0.39 is 8.32 Å². The fourth-order valence-corrected chi connectivity index (χ4v) is 3.80. The van der Waals surface area contributed by atoms with E-state index in [1.165, 1.54) is 11.1 Å². The highest BCUT2D eigenvalue weighted by molar-refractivity contribution is 6.74. The number of rotatable bonds is 6. The minimum atomic E-state index is -1.66. The topological polar surface area (TPSA) is 18.5 Å². The van der Waals surface area contributed by atoms with E-state index in [1.54, 1.807) is 0 Å². The molecule has 0 saturated heterocycles. The Kier molecular flexibility index (Phi) is 5.64. The fourth-order valence-electron chi connectivity index (χ4n) is 2.43. The lowest BCUT2D eigenvalue weighted by atomic mass is 10.2. The van der Waals surface area contributed by atoms with Crippen LogP contribution in [0.25, 0.3) is 0 Å². The predicted octanol–water partition coefficient (Wildman–Crippen LogP) is 5.31. The van der Waals surface area contributed by atoms with Crippen LogP contribution in [-0.4, -0.2) is 21.0 Å². The minimum absolute atomic E-state index is 0.277. The van der Waals surface area contributed by atoms with Crippen LogP contribution in [0.2, 0.25) is 18.1 Å². The summed E-state index contributed by atoms with van der Waals surface area (Å²) < 4.78 is 12.3. The van der Waals surface area contributed by atoms with Crippen molar-refractivity contribution in [2.24, 2.45) is 0 Å². The molecule has 0 aromatic heterocycles. The van der Waals surface area contributed by atoms with Gasteiger partial charge in [-0.3, -0.25) is 0 Å². The summed E-state index contributed by atoms with van der Waals surface area (Å²) in [7, 11) is -1.66. The van der Waals surface area contributed by atoms with Gasteiger partial charge in [0.25, 0.3) is 0 Å². The molecule has 1 aliphatic rings. The van der Waals surface area contributed by atoms with Gasteiger partial charge in [0.2, 0.25) is 0 Å². The van der Waals surface area contributed by atoms with Crippen LogP contribution in [0.4, 0.5) is 0 Å². The van der Waals surface area contributed by atoms with Crippen molar-refractivity contribution in [3.05, 3.63) is 47.5 Å². The molecule has 1 aliphatic carbocycles. The van der Waals surface area contributed by atoms with E-state index >= 15 is 0 Å². The summed E-state index contributed by atoms with van der Waals surface area (Å²) in [5.41, 5.74) is 2.62. The maximum absolute atomic E-state index is 6.49. The molecule has 0 aliphatic heterocycles. The molecule has 1 unspecified atom stereocenters. The lowest BCUT2D eigenvalue weighted by Gasteiger charge is -2.38. The highest BCUT2D eigenvalue weighted by atomic mass is 28.4. The van der Waals surface area contributed by atoms with Gasteiger partial charge in [-0.1, -0.05) is 57.2 Å². The monoisotopic (exact) mass is 318 g/mol. The van der Waals surface area contributed by atoms with Gasteiger partial charge in [0.15, 0.2) is 8.32 Å². The van der Waals surface area contributed by atoms with Gasteiger partial charge >= 0.3 is 0 Å². The normalized spacial score (nSPS) is 19.3. The largest absolute Gasteiger partial charge is 0.413 e. The average Bonchev–Trinajstić information content (AvgIpc) is 2.85. The van der Waals surface area contributed by atoms with E-state index in [9.17, 15) is 0 Å². The van der Waals surface area contributed by atoms with Crippen molar-refractivity contribution in [1.29, 1.82) is 0 Å². The molecule has 3 heteroatoms. The number of hydrogen-bond donors (Lipinski definition) is 0. The van der Waals surface area contributed by atoms with Gasteiger partial charge in [-0.05, 0) is 42.1 Å². The molecule has 0 bridgehead atoms. The second-order valence-electron chi connectivity index (χ2n) is 7.78. The van der Waals surface area contributed by atoms with Crippen LogP contribution in [0.5, 0.6) is 0 Å². The van der Waals surface area contributed by atoms with Gasteiger partial charge in [-0.15, -0.1) is 0 Å². The lowest BCUT2D eigenvalue weighted by molar-refractivity contribution is 0.135. The highest BCUT2D eigenvalue weighted by Gasteiger charge is 2.39. The molecule has 122 valence electrons. The molecule has 1 aromatic rings. The Balaban J connectivity index is 1.74. The summed E-state index contributed by atoms with van der Waals surface area (Å²) >= 11 is 0. The molecule has 1 aromatic carbocycles. The molecule has 0 N–H and O–H groups in total. The van der Waals surface area contributed by atoms with E-state index in [1.807, 2.05) is 6.07 Å². The summed E-state index contributed by atoms with van der Waals surface area (Å²) in [6, 6.07) is 10.3. The van der Waals surface area contributed by atoms with Gasteiger partial charge in [0.1, 0.15) is 0 Å². The highest BCUT2D eigenvalue weighted by Crippen LogP contribution is 2.39. The van der Waals surface area contributed by atoms with Crippen molar-refractivity contribution in [2.45, 2.75) is 64.5 Å². The first-order valence-electron chi connectivity index (χ1n) is 8.25. The van der Waals surface area contributed by atoms with Crippen LogP contribution < -0.4 is 0 Å². The van der Waals surface area contributed by atoms with Crippen LogP contribution in [0.15, 0.2) is 42.0 Å². The number of benzene rings is 1. The third kappa shape index (κ3) is 4.80. The van der Waals surface area contributed by atoms with Gasteiger partial charge in [-0.2, -0.15) is 0 Å². The van der Waals surface area contributed by atoms with Crippen molar-refractivity contribution in [3.63, 3.8) is 0 Å². The zero-order valence-corrected chi connectivity index (χ0v) is 15.7. The van der Waals surface area contributed by atoms with Crippen LogP contribution in [0, 0.1) is 0 Å². The van der Waals surface area contributed by atoms with Gasteiger partial charge in [-0.25, -0.2) is 0 Å². The van der Waals surface area contributed by atoms with E-state index in [0.717, 1.165) is 19.4 Å². The Morgan fingerprint density at radius 2 is 1.77 bits per heavy atom. The number of hydrogen-bond acceptors (Lipinski definition) is 2. The van der Waals surface area contributed by atoms with Gasteiger partial charge < -0.3 is 9.16 Å².